The molecular formula is C16H20ClN. The van der Waals surface area contributed by atoms with Crippen LogP contribution in [-0.4, -0.2) is 6.02 Å². The van der Waals surface area contributed by atoms with Gasteiger partial charge in [-0.1, -0.05) is 60.7 Å². The Bertz CT molecular complexity index is 632. The van der Waals surface area contributed by atoms with Crippen LogP contribution in [0.15, 0.2) is 60.7 Å². The molecule has 0 aliphatic heterocycles. The van der Waals surface area contributed by atoms with Crippen LogP contribution in [0.4, 0.5) is 0 Å². The van der Waals surface area contributed by atoms with Gasteiger partial charge in [0.1, 0.15) is 0 Å². The van der Waals surface area contributed by atoms with Crippen LogP contribution in [0.2, 0.25) is 0 Å². The standard InChI is InChI=1S/C16H19N.ClH/c1-14(12-15-8-4-2-5-9-15)17-13-16-10-6-3-7-11-16;/h2-11,14,17H,12-13H2,1H3;1H/i1D3,12D2,14D;. The maximum atomic E-state index is 8.41. The van der Waals surface area contributed by atoms with Crippen molar-refractivity contribution in [2.45, 2.75) is 25.8 Å². The van der Waals surface area contributed by atoms with E-state index < -0.39 is 19.2 Å². The molecule has 18 heavy (non-hydrogen) atoms. The Morgan fingerprint density at radius 1 is 1.06 bits per heavy atom. The first-order chi connectivity index (χ1) is 10.7. The fraction of sp³-hybridized carbons (Fsp3) is 0.250. The fourth-order valence-corrected chi connectivity index (χ4v) is 1.50. The van der Waals surface area contributed by atoms with Crippen LogP contribution in [0.3, 0.4) is 0 Å². The van der Waals surface area contributed by atoms with E-state index in [-0.39, 0.29) is 24.5 Å². The molecule has 2 heteroatoms. The van der Waals surface area contributed by atoms with Gasteiger partial charge in [-0.2, -0.15) is 0 Å². The molecule has 0 amide bonds. The summed E-state index contributed by atoms with van der Waals surface area (Å²) in [5.74, 6) is 0. The summed E-state index contributed by atoms with van der Waals surface area (Å²) in [6, 6.07) is 14.6. The van der Waals surface area contributed by atoms with Gasteiger partial charge in [-0.3, -0.25) is 0 Å². The molecule has 0 aliphatic carbocycles. The van der Waals surface area contributed by atoms with Crippen molar-refractivity contribution in [2.24, 2.45) is 0 Å². The van der Waals surface area contributed by atoms with Crippen LogP contribution in [-0.2, 0) is 12.9 Å². The lowest BCUT2D eigenvalue weighted by Gasteiger charge is -2.13. The highest BCUT2D eigenvalue weighted by Crippen LogP contribution is 2.04. The molecule has 0 spiro atoms. The van der Waals surface area contributed by atoms with E-state index in [0.29, 0.717) is 0 Å². The number of nitrogens with one attached hydrogen (secondary N) is 1. The summed E-state index contributed by atoms with van der Waals surface area (Å²) in [5, 5.41) is 2.62. The number of hydrogen-bond donors (Lipinski definition) is 1. The van der Waals surface area contributed by atoms with Crippen LogP contribution < -0.4 is 5.32 Å². The molecule has 2 aromatic rings. The summed E-state index contributed by atoms with van der Waals surface area (Å²) in [6.45, 7) is -2.75. The van der Waals surface area contributed by atoms with Gasteiger partial charge in [0.15, 0.2) is 0 Å². The number of hydrogen-bond acceptors (Lipinski definition) is 1. The molecule has 1 unspecified atom stereocenters. The van der Waals surface area contributed by atoms with Gasteiger partial charge in [-0.25, -0.2) is 0 Å². The summed E-state index contributed by atoms with van der Waals surface area (Å²) >= 11 is 0. The van der Waals surface area contributed by atoms with Crippen molar-refractivity contribution >= 4 is 12.4 Å². The third-order valence-corrected chi connectivity index (χ3v) is 2.36. The van der Waals surface area contributed by atoms with E-state index in [1.54, 1.807) is 30.3 Å². The van der Waals surface area contributed by atoms with Crippen molar-refractivity contribution in [3.63, 3.8) is 0 Å². The summed E-state index contributed by atoms with van der Waals surface area (Å²) < 4.78 is 48.1. The quantitative estimate of drug-likeness (QED) is 0.868. The molecule has 1 nitrogen and oxygen atoms in total. The smallest absolute Gasteiger partial charge is 0.0465 e. The zero-order chi connectivity index (χ0) is 17.1. The normalized spacial score (nSPS) is 19.8. The molecule has 96 valence electrons. The van der Waals surface area contributed by atoms with Gasteiger partial charge in [0.25, 0.3) is 0 Å². The fourth-order valence-electron chi connectivity index (χ4n) is 1.50. The molecular weight excluding hydrogens is 242 g/mol. The predicted octanol–water partition coefficient (Wildman–Crippen LogP) is 3.83. The molecule has 0 aliphatic rings. The third kappa shape index (κ3) is 4.91. The Labute approximate surface area is 124 Å². The van der Waals surface area contributed by atoms with Crippen molar-refractivity contribution in [1.82, 2.24) is 5.32 Å². The van der Waals surface area contributed by atoms with Gasteiger partial charge in [0, 0.05) is 20.8 Å². The van der Waals surface area contributed by atoms with Crippen LogP contribution in [0.1, 0.15) is 26.2 Å². The van der Waals surface area contributed by atoms with Crippen LogP contribution in [0.25, 0.3) is 0 Å². The Kier molecular flexibility index (Phi) is 3.51. The average molecular weight is 268 g/mol. The van der Waals surface area contributed by atoms with Crippen LogP contribution in [0.5, 0.6) is 0 Å². The Hall–Kier alpha value is -1.31. The van der Waals surface area contributed by atoms with Gasteiger partial charge < -0.3 is 5.32 Å². The SMILES string of the molecule is Cl.[2H]C([2H])([2H])C([2H])(NCc1ccccc1)C([2H])([2H])c1ccccc1. The van der Waals surface area contributed by atoms with Gasteiger partial charge in [-0.15, -0.1) is 12.4 Å². The van der Waals surface area contributed by atoms with E-state index in [0.717, 1.165) is 5.56 Å². The van der Waals surface area contributed by atoms with E-state index in [9.17, 15) is 0 Å². The third-order valence-electron chi connectivity index (χ3n) is 2.36. The summed E-state index contributed by atoms with van der Waals surface area (Å²) in [6.07, 6.45) is -2.39. The first kappa shape index (κ1) is 7.98. The lowest BCUT2D eigenvalue weighted by Crippen LogP contribution is -2.27. The molecule has 1 atom stereocenters. The lowest BCUT2D eigenvalue weighted by molar-refractivity contribution is 0.545. The molecule has 2 rings (SSSR count). The molecule has 0 bridgehead atoms. The van der Waals surface area contributed by atoms with E-state index in [1.807, 2.05) is 18.2 Å². The molecule has 0 saturated heterocycles. The topological polar surface area (TPSA) is 12.0 Å². The number of rotatable bonds is 5. The van der Waals surface area contributed by atoms with Crippen molar-refractivity contribution < 1.29 is 8.22 Å². The van der Waals surface area contributed by atoms with E-state index in [4.69, 9.17) is 8.22 Å². The molecule has 2 aromatic carbocycles. The second kappa shape index (κ2) is 7.91. The number of halogens is 1. The average Bonchev–Trinajstić information content (AvgIpc) is 2.53. The molecule has 0 fully saturated rings. The maximum absolute atomic E-state index is 8.41. The van der Waals surface area contributed by atoms with E-state index in [2.05, 4.69) is 5.32 Å². The van der Waals surface area contributed by atoms with Gasteiger partial charge in [0.05, 0.1) is 0 Å². The summed E-state index contributed by atoms with van der Waals surface area (Å²) in [5.41, 5.74) is 0.948. The Morgan fingerprint density at radius 3 is 2.17 bits per heavy atom. The number of benzene rings is 2. The first-order valence-electron chi connectivity index (χ1n) is 8.53. The van der Waals surface area contributed by atoms with E-state index in [1.165, 1.54) is 12.1 Å². The van der Waals surface area contributed by atoms with Gasteiger partial charge in [0.2, 0.25) is 0 Å². The molecule has 0 aromatic heterocycles. The highest BCUT2D eigenvalue weighted by Gasteiger charge is 2.02. The zero-order valence-corrected chi connectivity index (χ0v) is 10.7. The molecule has 0 saturated carbocycles. The van der Waals surface area contributed by atoms with Crippen molar-refractivity contribution in [1.29, 1.82) is 0 Å². The first-order valence-corrected chi connectivity index (χ1v) is 5.53. The Morgan fingerprint density at radius 2 is 1.61 bits per heavy atom. The summed E-state index contributed by atoms with van der Waals surface area (Å²) in [7, 11) is 0. The van der Waals surface area contributed by atoms with Gasteiger partial charge in [-0.05, 0) is 24.4 Å². The van der Waals surface area contributed by atoms with Crippen molar-refractivity contribution in [3.05, 3.63) is 71.8 Å². The maximum Gasteiger partial charge on any atom is 0.0465 e. The lowest BCUT2D eigenvalue weighted by atomic mass is 10.1. The minimum absolute atomic E-state index is 0. The predicted molar refractivity (Wildman–Crippen MR) is 80.1 cm³/mol. The van der Waals surface area contributed by atoms with Gasteiger partial charge >= 0.3 is 0 Å². The second-order valence-corrected chi connectivity index (χ2v) is 3.71. The highest BCUT2D eigenvalue weighted by molar-refractivity contribution is 5.85. The van der Waals surface area contributed by atoms with Crippen molar-refractivity contribution in [2.75, 3.05) is 0 Å². The summed E-state index contributed by atoms with van der Waals surface area (Å²) in [4.78, 5) is 0. The largest absolute Gasteiger partial charge is 0.310 e. The minimum atomic E-state index is -2.85. The minimum Gasteiger partial charge on any atom is -0.310 e. The molecule has 0 radical (unpaired) electrons. The van der Waals surface area contributed by atoms with Crippen molar-refractivity contribution in [3.8, 4) is 0 Å². The second-order valence-electron chi connectivity index (χ2n) is 3.71. The van der Waals surface area contributed by atoms with Crippen LogP contribution in [0, 0.1) is 0 Å². The molecule has 1 N–H and O–H groups in total. The highest BCUT2D eigenvalue weighted by atomic mass is 35.5. The monoisotopic (exact) mass is 267 g/mol. The van der Waals surface area contributed by atoms with Crippen LogP contribution >= 0.6 is 12.4 Å². The molecule has 0 heterocycles. The Balaban J connectivity index is 0.00000288. The zero-order valence-electron chi connectivity index (χ0n) is 15.9. The van der Waals surface area contributed by atoms with E-state index >= 15 is 0 Å².